The van der Waals surface area contributed by atoms with Gasteiger partial charge in [-0.25, -0.2) is 13.2 Å². The van der Waals surface area contributed by atoms with Crippen LogP contribution in [-0.4, -0.2) is 74.7 Å². The van der Waals surface area contributed by atoms with E-state index >= 15 is 0 Å². The Hall–Kier alpha value is -3.03. The number of carbonyl (C=O) groups excluding carboxylic acids is 1. The SMILES string of the molecule is Cc1noc(C)c1S(=O)(=O)N1CCN(C(=O)Cn2nnn(-c3ccccc3Cl)c2=O)CC1. The van der Waals surface area contributed by atoms with Crippen LogP contribution < -0.4 is 5.69 Å². The van der Waals surface area contributed by atoms with Crippen LogP contribution in [0.1, 0.15) is 11.5 Å². The normalized spacial score (nSPS) is 15.3. The lowest BCUT2D eigenvalue weighted by molar-refractivity contribution is -0.133. The summed E-state index contributed by atoms with van der Waals surface area (Å²) in [6, 6.07) is 6.65. The van der Waals surface area contributed by atoms with Crippen molar-refractivity contribution in [1.82, 2.24) is 34.2 Å². The third kappa shape index (κ3) is 3.94. The van der Waals surface area contributed by atoms with Crippen LogP contribution in [0.15, 0.2) is 38.5 Å². The number of aromatic nitrogens is 5. The molecule has 0 N–H and O–H groups in total. The molecule has 4 rings (SSSR count). The van der Waals surface area contributed by atoms with Crippen molar-refractivity contribution in [3.8, 4) is 5.69 Å². The molecule has 1 amide bonds. The minimum atomic E-state index is -3.78. The maximum Gasteiger partial charge on any atom is 0.369 e. The molecule has 1 fully saturated rings. The molecule has 14 heteroatoms. The third-order valence-electron chi connectivity index (χ3n) is 5.16. The molecule has 0 saturated carbocycles. The summed E-state index contributed by atoms with van der Waals surface area (Å²) >= 11 is 6.10. The van der Waals surface area contributed by atoms with E-state index in [1.165, 1.54) is 9.21 Å². The first-order valence-corrected chi connectivity index (χ1v) is 11.5. The molecular formula is C18H20ClN7O5S. The Morgan fingerprint density at radius 2 is 1.81 bits per heavy atom. The van der Waals surface area contributed by atoms with Crippen molar-refractivity contribution in [2.24, 2.45) is 0 Å². The first kappa shape index (κ1) is 22.2. The highest BCUT2D eigenvalue weighted by molar-refractivity contribution is 7.89. The van der Waals surface area contributed by atoms with Gasteiger partial charge in [0.2, 0.25) is 15.9 Å². The predicted molar refractivity (Wildman–Crippen MR) is 112 cm³/mol. The lowest BCUT2D eigenvalue weighted by atomic mass is 10.3. The van der Waals surface area contributed by atoms with E-state index in [-0.39, 0.29) is 49.3 Å². The van der Waals surface area contributed by atoms with E-state index in [1.807, 2.05) is 0 Å². The van der Waals surface area contributed by atoms with Gasteiger partial charge in [-0.3, -0.25) is 4.79 Å². The Bertz CT molecular complexity index is 1300. The minimum Gasteiger partial charge on any atom is -0.360 e. The second-order valence-electron chi connectivity index (χ2n) is 7.22. The summed E-state index contributed by atoms with van der Waals surface area (Å²) in [5.41, 5.74) is 0.0454. The van der Waals surface area contributed by atoms with Crippen LogP contribution in [0.25, 0.3) is 5.69 Å². The predicted octanol–water partition coefficient (Wildman–Crippen LogP) is 0.220. The lowest BCUT2D eigenvalue weighted by Crippen LogP contribution is -2.51. The number of halogens is 1. The molecular weight excluding hydrogens is 462 g/mol. The zero-order chi connectivity index (χ0) is 23.0. The molecule has 0 unspecified atom stereocenters. The topological polar surface area (TPSA) is 136 Å². The Kier molecular flexibility index (Phi) is 5.88. The number of nitrogens with zero attached hydrogens (tertiary/aromatic N) is 7. The quantitative estimate of drug-likeness (QED) is 0.504. The van der Waals surface area contributed by atoms with Gasteiger partial charge >= 0.3 is 5.69 Å². The van der Waals surface area contributed by atoms with E-state index < -0.39 is 15.7 Å². The number of piperazine rings is 1. The standard InChI is InChI=1S/C18H20ClN7O5S/c1-12-17(13(2)31-20-12)32(29,30)24-9-7-23(8-10-24)16(27)11-25-18(28)26(22-21-25)15-6-4-3-5-14(15)19/h3-6H,7-11H2,1-2H3. The van der Waals surface area contributed by atoms with Crippen LogP contribution in [0.2, 0.25) is 5.02 Å². The number of benzene rings is 1. The van der Waals surface area contributed by atoms with Crippen molar-refractivity contribution in [2.45, 2.75) is 25.3 Å². The number of hydrogen-bond donors (Lipinski definition) is 0. The molecule has 0 radical (unpaired) electrons. The fraction of sp³-hybridized carbons (Fsp3) is 0.389. The Balaban J connectivity index is 1.43. The molecule has 32 heavy (non-hydrogen) atoms. The maximum atomic E-state index is 12.9. The number of para-hydroxylation sites is 1. The van der Waals surface area contributed by atoms with Crippen molar-refractivity contribution in [3.05, 3.63) is 51.2 Å². The fourth-order valence-corrected chi connectivity index (χ4v) is 5.46. The van der Waals surface area contributed by atoms with Gasteiger partial charge in [0.25, 0.3) is 0 Å². The summed E-state index contributed by atoms with van der Waals surface area (Å²) in [5.74, 6) is -0.144. The largest absolute Gasteiger partial charge is 0.369 e. The van der Waals surface area contributed by atoms with Crippen LogP contribution in [0.5, 0.6) is 0 Å². The molecule has 0 spiro atoms. The third-order valence-corrected chi connectivity index (χ3v) is 7.63. The van der Waals surface area contributed by atoms with Gasteiger partial charge in [-0.2, -0.15) is 13.7 Å². The molecule has 170 valence electrons. The summed E-state index contributed by atoms with van der Waals surface area (Å²) in [4.78, 5) is 26.8. The van der Waals surface area contributed by atoms with Gasteiger partial charge in [-0.1, -0.05) is 28.9 Å². The van der Waals surface area contributed by atoms with Gasteiger partial charge in [0, 0.05) is 26.2 Å². The molecule has 3 heterocycles. The molecule has 3 aromatic rings. The summed E-state index contributed by atoms with van der Waals surface area (Å²) in [7, 11) is -3.78. The Labute approximate surface area is 188 Å². The Morgan fingerprint density at radius 1 is 1.12 bits per heavy atom. The van der Waals surface area contributed by atoms with Crippen LogP contribution >= 0.6 is 11.6 Å². The molecule has 12 nitrogen and oxygen atoms in total. The highest BCUT2D eigenvalue weighted by Gasteiger charge is 2.34. The second kappa shape index (κ2) is 8.48. The highest BCUT2D eigenvalue weighted by Crippen LogP contribution is 2.24. The molecule has 1 saturated heterocycles. The number of sulfonamides is 1. The zero-order valence-corrected chi connectivity index (χ0v) is 18.9. The van der Waals surface area contributed by atoms with E-state index in [9.17, 15) is 18.0 Å². The zero-order valence-electron chi connectivity index (χ0n) is 17.3. The van der Waals surface area contributed by atoms with Crippen molar-refractivity contribution >= 4 is 27.5 Å². The van der Waals surface area contributed by atoms with Gasteiger partial charge in [0.05, 0.1) is 10.7 Å². The van der Waals surface area contributed by atoms with Crippen molar-refractivity contribution < 1.29 is 17.7 Å². The smallest absolute Gasteiger partial charge is 0.360 e. The summed E-state index contributed by atoms with van der Waals surface area (Å²) in [6.07, 6.45) is 0. The van der Waals surface area contributed by atoms with E-state index in [1.54, 1.807) is 38.1 Å². The minimum absolute atomic E-state index is 0.0556. The van der Waals surface area contributed by atoms with Crippen molar-refractivity contribution in [2.75, 3.05) is 26.2 Å². The monoisotopic (exact) mass is 481 g/mol. The van der Waals surface area contributed by atoms with Gasteiger partial charge in [-0.05, 0) is 36.4 Å². The second-order valence-corrected chi connectivity index (χ2v) is 9.50. The number of hydrogen-bond acceptors (Lipinski definition) is 8. The van der Waals surface area contributed by atoms with Crippen LogP contribution in [0.3, 0.4) is 0 Å². The average Bonchev–Trinajstić information content (AvgIpc) is 3.30. The maximum absolute atomic E-state index is 12.9. The molecule has 2 aromatic heterocycles. The molecule has 0 bridgehead atoms. The molecule has 0 aliphatic carbocycles. The highest BCUT2D eigenvalue weighted by atomic mass is 35.5. The van der Waals surface area contributed by atoms with Gasteiger partial charge < -0.3 is 9.42 Å². The molecule has 1 aliphatic heterocycles. The number of carbonyl (C=O) groups is 1. The van der Waals surface area contributed by atoms with Crippen LogP contribution in [-0.2, 0) is 21.4 Å². The number of tetrazole rings is 1. The summed E-state index contributed by atoms with van der Waals surface area (Å²) < 4.78 is 34.1. The van der Waals surface area contributed by atoms with Crippen LogP contribution in [0, 0.1) is 13.8 Å². The van der Waals surface area contributed by atoms with E-state index in [4.69, 9.17) is 16.1 Å². The van der Waals surface area contributed by atoms with Gasteiger partial charge in [0.1, 0.15) is 17.1 Å². The fourth-order valence-electron chi connectivity index (χ4n) is 3.53. The first-order chi connectivity index (χ1) is 15.2. The van der Waals surface area contributed by atoms with E-state index in [0.29, 0.717) is 16.4 Å². The molecule has 0 atom stereocenters. The van der Waals surface area contributed by atoms with Crippen molar-refractivity contribution in [1.29, 1.82) is 0 Å². The van der Waals surface area contributed by atoms with E-state index in [2.05, 4.69) is 15.6 Å². The Morgan fingerprint density at radius 3 is 2.44 bits per heavy atom. The lowest BCUT2D eigenvalue weighted by Gasteiger charge is -2.33. The van der Waals surface area contributed by atoms with Crippen molar-refractivity contribution in [3.63, 3.8) is 0 Å². The number of amides is 1. The number of rotatable bonds is 5. The van der Waals surface area contributed by atoms with Gasteiger partial charge in [0.15, 0.2) is 5.76 Å². The van der Waals surface area contributed by atoms with E-state index in [0.717, 1.165) is 9.36 Å². The molecule has 1 aromatic carbocycles. The van der Waals surface area contributed by atoms with Crippen LogP contribution in [0.4, 0.5) is 0 Å². The number of aryl methyl sites for hydroxylation is 2. The summed E-state index contributed by atoms with van der Waals surface area (Å²) in [5, 5.41) is 11.6. The first-order valence-electron chi connectivity index (χ1n) is 9.68. The average molecular weight is 482 g/mol. The molecule has 1 aliphatic rings. The van der Waals surface area contributed by atoms with Gasteiger partial charge in [-0.15, -0.1) is 0 Å². The summed E-state index contributed by atoms with van der Waals surface area (Å²) in [6.45, 7) is 3.36.